The minimum Gasteiger partial charge on any atom is -0.481 e. The number of carbonyl (C=O) groups is 2. The standard InChI is InChI=1S/C21H23NO3/c1-2-6-15-9-11-17(12-10-15)20(23)22-13-18(19(14-22)21(24)25)16-7-4-3-5-8-16/h3-5,7-12,18-19H,2,6,13-14H2,1H3,(H,24,25)/t18-,19-/m0/s1. The van der Waals surface area contributed by atoms with Crippen LogP contribution in [0.3, 0.4) is 0 Å². The van der Waals surface area contributed by atoms with Gasteiger partial charge in [-0.2, -0.15) is 0 Å². The van der Waals surface area contributed by atoms with Crippen LogP contribution in [0.1, 0.15) is 40.7 Å². The van der Waals surface area contributed by atoms with Crippen molar-refractivity contribution in [3.63, 3.8) is 0 Å². The second kappa shape index (κ2) is 7.51. The molecule has 3 rings (SSSR count). The maximum absolute atomic E-state index is 12.8. The van der Waals surface area contributed by atoms with Crippen molar-refractivity contribution in [2.24, 2.45) is 5.92 Å². The van der Waals surface area contributed by atoms with Gasteiger partial charge in [0, 0.05) is 24.6 Å². The van der Waals surface area contributed by atoms with Gasteiger partial charge in [0.1, 0.15) is 0 Å². The molecule has 25 heavy (non-hydrogen) atoms. The highest BCUT2D eigenvalue weighted by Gasteiger charge is 2.40. The molecule has 1 saturated heterocycles. The highest BCUT2D eigenvalue weighted by Crippen LogP contribution is 2.33. The molecule has 2 aromatic carbocycles. The van der Waals surface area contributed by atoms with Crippen molar-refractivity contribution in [3.8, 4) is 0 Å². The number of amides is 1. The summed E-state index contributed by atoms with van der Waals surface area (Å²) in [6, 6.07) is 17.3. The lowest BCUT2D eigenvalue weighted by molar-refractivity contribution is -0.141. The number of aliphatic carboxylic acids is 1. The number of carboxylic acid groups (broad SMARTS) is 1. The highest BCUT2D eigenvalue weighted by atomic mass is 16.4. The van der Waals surface area contributed by atoms with Crippen LogP contribution in [0.4, 0.5) is 0 Å². The normalized spacial score (nSPS) is 19.8. The number of hydrogen-bond acceptors (Lipinski definition) is 2. The van der Waals surface area contributed by atoms with E-state index in [0.29, 0.717) is 12.1 Å². The molecule has 1 heterocycles. The van der Waals surface area contributed by atoms with Crippen molar-refractivity contribution in [1.29, 1.82) is 0 Å². The summed E-state index contributed by atoms with van der Waals surface area (Å²) in [5.74, 6) is -1.66. The first kappa shape index (κ1) is 17.2. The molecule has 1 fully saturated rings. The predicted molar refractivity (Wildman–Crippen MR) is 96.6 cm³/mol. The van der Waals surface area contributed by atoms with Gasteiger partial charge < -0.3 is 10.0 Å². The summed E-state index contributed by atoms with van der Waals surface area (Å²) in [7, 11) is 0. The third kappa shape index (κ3) is 3.73. The van der Waals surface area contributed by atoms with Crippen LogP contribution in [-0.2, 0) is 11.2 Å². The Balaban J connectivity index is 1.78. The summed E-state index contributed by atoms with van der Waals surface area (Å²) in [6.45, 7) is 2.82. The molecular formula is C21H23NO3. The molecule has 2 aromatic rings. The molecule has 2 atom stereocenters. The lowest BCUT2D eigenvalue weighted by atomic mass is 9.89. The molecule has 0 unspecified atom stereocenters. The highest BCUT2D eigenvalue weighted by molar-refractivity contribution is 5.95. The Bertz CT molecular complexity index is 739. The first-order chi connectivity index (χ1) is 12.1. The van der Waals surface area contributed by atoms with Gasteiger partial charge in [0.05, 0.1) is 5.92 Å². The molecule has 0 aromatic heterocycles. The molecule has 1 aliphatic rings. The fourth-order valence-electron chi connectivity index (χ4n) is 3.54. The zero-order chi connectivity index (χ0) is 17.8. The Kier molecular flexibility index (Phi) is 5.17. The van der Waals surface area contributed by atoms with E-state index in [2.05, 4.69) is 6.92 Å². The summed E-state index contributed by atoms with van der Waals surface area (Å²) in [5.41, 5.74) is 2.81. The van der Waals surface area contributed by atoms with Crippen LogP contribution in [0, 0.1) is 5.92 Å². The van der Waals surface area contributed by atoms with Gasteiger partial charge in [0.25, 0.3) is 5.91 Å². The summed E-state index contributed by atoms with van der Waals surface area (Å²) in [5, 5.41) is 9.57. The molecule has 0 radical (unpaired) electrons. The first-order valence-electron chi connectivity index (χ1n) is 8.76. The monoisotopic (exact) mass is 337 g/mol. The minimum atomic E-state index is -0.845. The molecule has 1 amide bonds. The molecule has 130 valence electrons. The third-order valence-corrected chi connectivity index (χ3v) is 4.89. The Morgan fingerprint density at radius 1 is 1.04 bits per heavy atom. The quantitative estimate of drug-likeness (QED) is 0.907. The summed E-state index contributed by atoms with van der Waals surface area (Å²) >= 11 is 0. The first-order valence-corrected chi connectivity index (χ1v) is 8.76. The van der Waals surface area contributed by atoms with Gasteiger partial charge in [-0.1, -0.05) is 55.8 Å². The number of carbonyl (C=O) groups excluding carboxylic acids is 1. The van der Waals surface area contributed by atoms with E-state index in [0.717, 1.165) is 18.4 Å². The van der Waals surface area contributed by atoms with Crippen LogP contribution >= 0.6 is 0 Å². The van der Waals surface area contributed by atoms with Crippen LogP contribution in [0.15, 0.2) is 54.6 Å². The molecule has 4 heteroatoms. The molecular weight excluding hydrogens is 314 g/mol. The van der Waals surface area contributed by atoms with Crippen LogP contribution < -0.4 is 0 Å². The molecule has 1 aliphatic heterocycles. The number of hydrogen-bond donors (Lipinski definition) is 1. The van der Waals surface area contributed by atoms with Gasteiger partial charge in [0.15, 0.2) is 0 Å². The zero-order valence-electron chi connectivity index (χ0n) is 14.4. The molecule has 4 nitrogen and oxygen atoms in total. The fourth-order valence-corrected chi connectivity index (χ4v) is 3.54. The zero-order valence-corrected chi connectivity index (χ0v) is 14.4. The average molecular weight is 337 g/mol. The molecule has 1 N–H and O–H groups in total. The smallest absolute Gasteiger partial charge is 0.308 e. The van der Waals surface area contributed by atoms with E-state index in [1.165, 1.54) is 5.56 Å². The summed E-state index contributed by atoms with van der Waals surface area (Å²) < 4.78 is 0. The number of benzene rings is 2. The van der Waals surface area contributed by atoms with Crippen molar-refractivity contribution in [2.45, 2.75) is 25.7 Å². The van der Waals surface area contributed by atoms with Gasteiger partial charge in [-0.25, -0.2) is 0 Å². The number of rotatable bonds is 5. The van der Waals surface area contributed by atoms with Crippen LogP contribution in [0.5, 0.6) is 0 Å². The Morgan fingerprint density at radius 2 is 1.72 bits per heavy atom. The Morgan fingerprint density at radius 3 is 2.32 bits per heavy atom. The van der Waals surface area contributed by atoms with Crippen LogP contribution in [0.25, 0.3) is 0 Å². The van der Waals surface area contributed by atoms with Gasteiger partial charge in [-0.15, -0.1) is 0 Å². The molecule has 0 spiro atoms. The fraction of sp³-hybridized carbons (Fsp3) is 0.333. The average Bonchev–Trinajstić information content (AvgIpc) is 3.08. The van der Waals surface area contributed by atoms with Crippen LogP contribution in [0.2, 0.25) is 0 Å². The van der Waals surface area contributed by atoms with E-state index in [1.807, 2.05) is 54.6 Å². The minimum absolute atomic E-state index is 0.0901. The van der Waals surface area contributed by atoms with Gasteiger partial charge in [-0.05, 0) is 29.7 Å². The van der Waals surface area contributed by atoms with Crippen molar-refractivity contribution in [3.05, 3.63) is 71.3 Å². The third-order valence-electron chi connectivity index (χ3n) is 4.89. The Labute approximate surface area is 148 Å². The number of aryl methyl sites for hydroxylation is 1. The maximum Gasteiger partial charge on any atom is 0.308 e. The molecule has 0 saturated carbocycles. The lowest BCUT2D eigenvalue weighted by Gasteiger charge is -2.17. The van der Waals surface area contributed by atoms with E-state index in [4.69, 9.17) is 0 Å². The van der Waals surface area contributed by atoms with Gasteiger partial charge in [-0.3, -0.25) is 9.59 Å². The summed E-state index contributed by atoms with van der Waals surface area (Å²) in [6.07, 6.45) is 2.06. The van der Waals surface area contributed by atoms with Crippen molar-refractivity contribution >= 4 is 11.9 Å². The number of nitrogens with zero attached hydrogens (tertiary/aromatic N) is 1. The van der Waals surface area contributed by atoms with E-state index in [1.54, 1.807) is 4.90 Å². The second-order valence-corrected chi connectivity index (χ2v) is 6.62. The van der Waals surface area contributed by atoms with Crippen LogP contribution in [-0.4, -0.2) is 35.0 Å². The molecule has 0 aliphatic carbocycles. The van der Waals surface area contributed by atoms with E-state index < -0.39 is 11.9 Å². The van der Waals surface area contributed by atoms with Crippen molar-refractivity contribution in [1.82, 2.24) is 4.90 Å². The number of likely N-dealkylation sites (tertiary alicyclic amines) is 1. The van der Waals surface area contributed by atoms with E-state index in [-0.39, 0.29) is 18.4 Å². The molecule has 0 bridgehead atoms. The van der Waals surface area contributed by atoms with Crippen molar-refractivity contribution in [2.75, 3.05) is 13.1 Å². The number of carboxylic acids is 1. The largest absolute Gasteiger partial charge is 0.481 e. The SMILES string of the molecule is CCCc1ccc(C(=O)N2C[C@H](C(=O)O)[C@H](c3ccccc3)C2)cc1. The lowest BCUT2D eigenvalue weighted by Crippen LogP contribution is -2.29. The van der Waals surface area contributed by atoms with Gasteiger partial charge >= 0.3 is 5.97 Å². The predicted octanol–water partition coefficient (Wildman–Crippen LogP) is 3.58. The van der Waals surface area contributed by atoms with E-state index in [9.17, 15) is 14.7 Å². The Hall–Kier alpha value is -2.62. The van der Waals surface area contributed by atoms with Gasteiger partial charge in [0.2, 0.25) is 0 Å². The summed E-state index contributed by atoms with van der Waals surface area (Å²) in [4.78, 5) is 26.1. The maximum atomic E-state index is 12.8. The topological polar surface area (TPSA) is 57.6 Å². The van der Waals surface area contributed by atoms with E-state index >= 15 is 0 Å². The van der Waals surface area contributed by atoms with Crippen molar-refractivity contribution < 1.29 is 14.7 Å². The second-order valence-electron chi connectivity index (χ2n) is 6.62.